The fraction of sp³-hybridized carbons (Fsp3) is 0.727. The summed E-state index contributed by atoms with van der Waals surface area (Å²) in [6, 6.07) is 0. The van der Waals surface area contributed by atoms with E-state index in [9.17, 15) is 4.79 Å². The highest BCUT2D eigenvalue weighted by atomic mass is 32.1. The van der Waals surface area contributed by atoms with Crippen molar-refractivity contribution < 1.29 is 0 Å². The lowest BCUT2D eigenvalue weighted by molar-refractivity contribution is 0.294. The third-order valence-corrected chi connectivity index (χ3v) is 4.65. The van der Waals surface area contributed by atoms with Crippen molar-refractivity contribution in [3.63, 3.8) is 0 Å². The van der Waals surface area contributed by atoms with Crippen LogP contribution in [0.3, 0.4) is 0 Å². The van der Waals surface area contributed by atoms with Gasteiger partial charge in [-0.1, -0.05) is 17.8 Å². The molecule has 1 aromatic heterocycles. The zero-order valence-corrected chi connectivity index (χ0v) is 9.00. The molecule has 2 bridgehead atoms. The highest BCUT2D eigenvalue weighted by Crippen LogP contribution is 2.48. The van der Waals surface area contributed by atoms with Crippen molar-refractivity contribution in [3.8, 4) is 0 Å². The summed E-state index contributed by atoms with van der Waals surface area (Å²) in [7, 11) is 0. The zero-order chi connectivity index (χ0) is 9.54. The lowest BCUT2D eigenvalue weighted by Gasteiger charge is -2.21. The molecule has 2 nitrogen and oxygen atoms in total. The Morgan fingerprint density at radius 1 is 1.43 bits per heavy atom. The van der Waals surface area contributed by atoms with E-state index in [4.69, 9.17) is 0 Å². The minimum Gasteiger partial charge on any atom is -0.306 e. The first-order chi connectivity index (χ1) is 6.83. The van der Waals surface area contributed by atoms with Gasteiger partial charge in [0, 0.05) is 18.1 Å². The summed E-state index contributed by atoms with van der Waals surface area (Å²) in [6.07, 6.45) is 7.60. The lowest BCUT2D eigenvalue weighted by atomic mass is 9.89. The average Bonchev–Trinajstić information content (AvgIpc) is 2.83. The Kier molecular flexibility index (Phi) is 2.01. The molecule has 0 amide bonds. The molecule has 3 atom stereocenters. The SMILES string of the molecule is O=c1sccn1CC1CC2CCC1C2. The maximum atomic E-state index is 11.4. The van der Waals surface area contributed by atoms with E-state index in [0.717, 1.165) is 24.3 Å². The molecule has 1 aromatic rings. The number of nitrogens with zero attached hydrogens (tertiary/aromatic N) is 1. The van der Waals surface area contributed by atoms with Gasteiger partial charge in [-0.15, -0.1) is 0 Å². The number of hydrogen-bond donors (Lipinski definition) is 0. The monoisotopic (exact) mass is 209 g/mol. The Hall–Kier alpha value is -0.570. The van der Waals surface area contributed by atoms with Crippen LogP contribution in [0.5, 0.6) is 0 Å². The smallest absolute Gasteiger partial charge is 0.306 e. The quantitative estimate of drug-likeness (QED) is 0.733. The highest BCUT2D eigenvalue weighted by Gasteiger charge is 2.39. The van der Waals surface area contributed by atoms with E-state index in [1.165, 1.54) is 37.0 Å². The van der Waals surface area contributed by atoms with Crippen molar-refractivity contribution in [1.82, 2.24) is 4.57 Å². The predicted octanol–water partition coefficient (Wildman–Crippen LogP) is 2.35. The molecule has 0 saturated heterocycles. The first-order valence-corrected chi connectivity index (χ1v) is 6.35. The highest BCUT2D eigenvalue weighted by molar-refractivity contribution is 7.07. The van der Waals surface area contributed by atoms with Gasteiger partial charge in [0.25, 0.3) is 0 Å². The molecule has 2 aliphatic rings. The summed E-state index contributed by atoms with van der Waals surface area (Å²) < 4.78 is 1.90. The summed E-state index contributed by atoms with van der Waals surface area (Å²) in [5.41, 5.74) is 0. The van der Waals surface area contributed by atoms with Crippen LogP contribution in [-0.4, -0.2) is 4.57 Å². The first kappa shape index (κ1) is 8.72. The van der Waals surface area contributed by atoms with Gasteiger partial charge in [0.05, 0.1) is 0 Å². The molecular formula is C11H15NOS. The van der Waals surface area contributed by atoms with Crippen LogP contribution >= 0.6 is 11.3 Å². The maximum Gasteiger partial charge on any atom is 0.307 e. The molecule has 0 spiro atoms. The largest absolute Gasteiger partial charge is 0.307 e. The molecule has 3 rings (SSSR count). The minimum absolute atomic E-state index is 0.216. The average molecular weight is 209 g/mol. The van der Waals surface area contributed by atoms with Gasteiger partial charge >= 0.3 is 4.87 Å². The van der Waals surface area contributed by atoms with Crippen LogP contribution in [0.4, 0.5) is 0 Å². The molecule has 1 heterocycles. The second kappa shape index (κ2) is 3.23. The molecule has 0 aliphatic heterocycles. The summed E-state index contributed by atoms with van der Waals surface area (Å²) in [4.78, 5) is 11.6. The van der Waals surface area contributed by atoms with Crippen molar-refractivity contribution >= 4 is 11.3 Å². The van der Waals surface area contributed by atoms with Gasteiger partial charge in [-0.25, -0.2) is 0 Å². The number of hydrogen-bond acceptors (Lipinski definition) is 2. The van der Waals surface area contributed by atoms with E-state index in [1.54, 1.807) is 0 Å². The third-order valence-electron chi connectivity index (χ3n) is 3.96. The van der Waals surface area contributed by atoms with Gasteiger partial charge in [-0.3, -0.25) is 4.79 Å². The van der Waals surface area contributed by atoms with Crippen LogP contribution in [0.25, 0.3) is 0 Å². The van der Waals surface area contributed by atoms with Gasteiger partial charge in [-0.05, 0) is 37.0 Å². The number of rotatable bonds is 2. The number of fused-ring (bicyclic) bond motifs is 2. The molecule has 2 fully saturated rings. The standard InChI is InChI=1S/C11H15NOS/c13-11-12(3-4-14-11)7-10-6-8-1-2-9(10)5-8/h3-4,8-10H,1-2,5-7H2. The van der Waals surface area contributed by atoms with E-state index >= 15 is 0 Å². The topological polar surface area (TPSA) is 22.0 Å². The molecule has 0 radical (unpaired) electrons. The van der Waals surface area contributed by atoms with Crippen LogP contribution in [-0.2, 0) is 6.54 Å². The Morgan fingerprint density at radius 3 is 2.93 bits per heavy atom. The Labute approximate surface area is 87.6 Å². The number of aromatic nitrogens is 1. The maximum absolute atomic E-state index is 11.4. The van der Waals surface area contributed by atoms with Crippen LogP contribution < -0.4 is 4.87 Å². The van der Waals surface area contributed by atoms with Crippen LogP contribution in [0, 0.1) is 17.8 Å². The summed E-state index contributed by atoms with van der Waals surface area (Å²) in [5.74, 6) is 2.70. The van der Waals surface area contributed by atoms with Crippen LogP contribution in [0.1, 0.15) is 25.7 Å². The molecule has 0 aromatic carbocycles. The normalized spacial score (nSPS) is 35.3. The second-order valence-electron chi connectivity index (χ2n) is 4.76. The molecule has 14 heavy (non-hydrogen) atoms. The minimum atomic E-state index is 0.216. The Morgan fingerprint density at radius 2 is 2.36 bits per heavy atom. The number of thiazole rings is 1. The summed E-state index contributed by atoms with van der Waals surface area (Å²) in [6.45, 7) is 0.976. The fourth-order valence-electron chi connectivity index (χ4n) is 3.28. The van der Waals surface area contributed by atoms with E-state index in [-0.39, 0.29) is 4.87 Å². The summed E-state index contributed by atoms with van der Waals surface area (Å²) >= 11 is 1.32. The molecule has 2 saturated carbocycles. The third kappa shape index (κ3) is 1.34. The van der Waals surface area contributed by atoms with Crippen molar-refractivity contribution in [2.24, 2.45) is 17.8 Å². The van der Waals surface area contributed by atoms with Gasteiger partial charge in [0.1, 0.15) is 0 Å². The predicted molar refractivity (Wildman–Crippen MR) is 57.5 cm³/mol. The van der Waals surface area contributed by atoms with Gasteiger partial charge in [-0.2, -0.15) is 0 Å². The molecule has 3 heteroatoms. The van der Waals surface area contributed by atoms with Crippen molar-refractivity contribution in [1.29, 1.82) is 0 Å². The van der Waals surface area contributed by atoms with E-state index in [0.29, 0.717) is 0 Å². The van der Waals surface area contributed by atoms with E-state index in [2.05, 4.69) is 0 Å². The van der Waals surface area contributed by atoms with Crippen LogP contribution in [0.15, 0.2) is 16.4 Å². The molecule has 3 unspecified atom stereocenters. The van der Waals surface area contributed by atoms with E-state index < -0.39 is 0 Å². The van der Waals surface area contributed by atoms with Crippen LogP contribution in [0.2, 0.25) is 0 Å². The van der Waals surface area contributed by atoms with E-state index in [1.807, 2.05) is 16.1 Å². The van der Waals surface area contributed by atoms with Crippen molar-refractivity contribution in [3.05, 3.63) is 21.2 Å². The Bertz CT molecular complexity index is 381. The van der Waals surface area contributed by atoms with Gasteiger partial charge in [0.2, 0.25) is 0 Å². The van der Waals surface area contributed by atoms with Crippen molar-refractivity contribution in [2.75, 3.05) is 0 Å². The molecule has 76 valence electrons. The summed E-state index contributed by atoms with van der Waals surface area (Å²) in [5, 5.41) is 1.90. The molecular weight excluding hydrogens is 194 g/mol. The zero-order valence-electron chi connectivity index (χ0n) is 8.19. The van der Waals surface area contributed by atoms with Crippen molar-refractivity contribution in [2.45, 2.75) is 32.2 Å². The fourth-order valence-corrected chi connectivity index (χ4v) is 3.87. The molecule has 0 N–H and O–H groups in total. The van der Waals surface area contributed by atoms with Gasteiger partial charge < -0.3 is 4.57 Å². The first-order valence-electron chi connectivity index (χ1n) is 5.47. The van der Waals surface area contributed by atoms with Gasteiger partial charge in [0.15, 0.2) is 0 Å². The second-order valence-corrected chi connectivity index (χ2v) is 5.61. The Balaban J connectivity index is 1.74. The molecule has 2 aliphatic carbocycles. The lowest BCUT2D eigenvalue weighted by Crippen LogP contribution is -2.22.